The van der Waals surface area contributed by atoms with E-state index >= 15 is 0 Å². The molecule has 0 aromatic heterocycles. The lowest BCUT2D eigenvalue weighted by Crippen LogP contribution is -2.23. The molecule has 0 saturated carbocycles. The molecule has 0 saturated heterocycles. The molecule has 14 heteroatoms. The van der Waals surface area contributed by atoms with Crippen LogP contribution >= 0.6 is 0 Å². The molecule has 0 radical (unpaired) electrons. The van der Waals surface area contributed by atoms with Gasteiger partial charge < -0.3 is 20.1 Å². The third kappa shape index (κ3) is 14.4. The largest absolute Gasteiger partial charge is 0.483 e. The molecule has 0 atom stereocenters. The van der Waals surface area contributed by atoms with Gasteiger partial charge in [-0.2, -0.15) is 34.8 Å². The average Bonchev–Trinajstić information content (AvgIpc) is 2.98. The van der Waals surface area contributed by atoms with Crippen molar-refractivity contribution in [1.82, 2.24) is 10.6 Å². The van der Waals surface area contributed by atoms with Crippen LogP contribution in [-0.2, 0) is 23.0 Å². The van der Waals surface area contributed by atoms with Crippen LogP contribution < -0.4 is 20.1 Å². The lowest BCUT2D eigenvalue weighted by molar-refractivity contribution is -0.154. The summed E-state index contributed by atoms with van der Waals surface area (Å²) in [5, 5.41) is 9.64. The zero-order valence-electron chi connectivity index (χ0n) is 25.8. The number of alkyl halides is 6. The van der Waals surface area contributed by atoms with Gasteiger partial charge in [0, 0.05) is 10.8 Å². The van der Waals surface area contributed by atoms with E-state index in [0.717, 1.165) is 47.8 Å². The van der Waals surface area contributed by atoms with E-state index in [1.807, 2.05) is 48.5 Å². The van der Waals surface area contributed by atoms with Crippen LogP contribution in [0.5, 0.6) is 11.5 Å². The number of halogens is 6. The van der Waals surface area contributed by atoms with Gasteiger partial charge in [0.25, 0.3) is 10.1 Å². The third-order valence-corrected chi connectivity index (χ3v) is 6.78. The predicted octanol–water partition coefficient (Wildman–Crippen LogP) is 7.12. The number of rotatable bonds is 15. The number of nitrogens with one attached hydrogen (secondary N) is 2. The first-order valence-corrected chi connectivity index (χ1v) is 16.7. The highest BCUT2D eigenvalue weighted by molar-refractivity contribution is 7.85. The second-order valence-electron chi connectivity index (χ2n) is 10.8. The summed E-state index contributed by atoms with van der Waals surface area (Å²) >= 11 is 0. The molecule has 0 heterocycles. The van der Waals surface area contributed by atoms with Crippen LogP contribution in [0.15, 0.2) is 72.8 Å². The number of ether oxygens (including phenoxy) is 2. The Morgan fingerprint density at radius 1 is 0.617 bits per heavy atom. The number of unbranched alkanes of at least 4 members (excludes halogenated alkanes) is 1. The van der Waals surface area contributed by atoms with Gasteiger partial charge >= 0.3 is 12.4 Å². The van der Waals surface area contributed by atoms with Crippen molar-refractivity contribution in [3.05, 3.63) is 83.9 Å². The Morgan fingerprint density at radius 3 is 1.34 bits per heavy atom. The molecule has 3 N–H and O–H groups in total. The maximum atomic E-state index is 12.8. The maximum Gasteiger partial charge on any atom is 0.422 e. The first-order valence-electron chi connectivity index (χ1n) is 14.8. The van der Waals surface area contributed by atoms with Crippen molar-refractivity contribution in [3.8, 4) is 11.5 Å². The Bertz CT molecular complexity index is 1560. The maximum absolute atomic E-state index is 12.8. The normalized spacial score (nSPS) is 12.2. The summed E-state index contributed by atoms with van der Waals surface area (Å²) in [6.45, 7) is 0.00420. The SMILES string of the molecule is CS(=O)(=O)O.FC(F)(F)COc1c(CCNCCCCNCCc2ccc3ccccc3c2OCC(F)(F)F)ccc2ccccc12. The summed E-state index contributed by atoms with van der Waals surface area (Å²) < 4.78 is 113. The zero-order chi connectivity index (χ0) is 34.5. The Kier molecular flexibility index (Phi) is 14.1. The van der Waals surface area contributed by atoms with E-state index in [9.17, 15) is 34.8 Å². The summed E-state index contributed by atoms with van der Waals surface area (Å²) in [5.74, 6) is 0.546. The lowest BCUT2D eigenvalue weighted by Gasteiger charge is -2.16. The second kappa shape index (κ2) is 17.5. The molecule has 4 rings (SSSR count). The molecule has 7 nitrogen and oxygen atoms in total. The van der Waals surface area contributed by atoms with E-state index in [1.54, 1.807) is 24.3 Å². The molecule has 0 aliphatic carbocycles. The highest BCUT2D eigenvalue weighted by atomic mass is 32.2. The average molecular weight is 689 g/mol. The van der Waals surface area contributed by atoms with Gasteiger partial charge in [-0.15, -0.1) is 0 Å². The molecule has 258 valence electrons. The summed E-state index contributed by atoms with van der Waals surface area (Å²) in [7, 11) is -3.67. The molecular weight excluding hydrogens is 650 g/mol. The van der Waals surface area contributed by atoms with Crippen molar-refractivity contribution in [3.63, 3.8) is 0 Å². The molecular formula is C33H38F6N2O5S. The van der Waals surface area contributed by atoms with Crippen molar-refractivity contribution >= 4 is 31.7 Å². The molecule has 0 aliphatic rings. The van der Waals surface area contributed by atoms with Crippen molar-refractivity contribution in [2.45, 2.75) is 38.0 Å². The third-order valence-electron chi connectivity index (χ3n) is 6.78. The topological polar surface area (TPSA) is 96.9 Å². The molecule has 0 aliphatic heterocycles. The fourth-order valence-corrected chi connectivity index (χ4v) is 4.82. The van der Waals surface area contributed by atoms with E-state index in [-0.39, 0.29) is 11.5 Å². The second-order valence-corrected chi connectivity index (χ2v) is 12.3. The van der Waals surface area contributed by atoms with Crippen LogP contribution in [0.4, 0.5) is 26.3 Å². The Morgan fingerprint density at radius 2 is 0.979 bits per heavy atom. The summed E-state index contributed by atoms with van der Waals surface area (Å²) in [6.07, 6.45) is -5.29. The van der Waals surface area contributed by atoms with E-state index < -0.39 is 35.7 Å². The fourth-order valence-electron chi connectivity index (χ4n) is 4.82. The van der Waals surface area contributed by atoms with Crippen LogP contribution in [0.1, 0.15) is 24.0 Å². The highest BCUT2D eigenvalue weighted by Crippen LogP contribution is 2.33. The molecule has 4 aromatic rings. The van der Waals surface area contributed by atoms with Crippen LogP contribution in [0.25, 0.3) is 21.5 Å². The van der Waals surface area contributed by atoms with Crippen molar-refractivity contribution in [1.29, 1.82) is 0 Å². The van der Waals surface area contributed by atoms with E-state index in [4.69, 9.17) is 14.0 Å². The quantitative estimate of drug-likeness (QED) is 0.0696. The van der Waals surface area contributed by atoms with Crippen LogP contribution in [0.2, 0.25) is 0 Å². The van der Waals surface area contributed by atoms with Gasteiger partial charge in [0.15, 0.2) is 13.2 Å². The fraction of sp³-hybridized carbons (Fsp3) is 0.394. The number of fused-ring (bicyclic) bond motifs is 2. The minimum Gasteiger partial charge on any atom is -0.483 e. The minimum atomic E-state index is -4.42. The Labute approximate surface area is 270 Å². The van der Waals surface area contributed by atoms with E-state index in [1.165, 1.54) is 0 Å². The van der Waals surface area contributed by atoms with Gasteiger partial charge in [-0.1, -0.05) is 72.8 Å². The number of hydrogen-bond acceptors (Lipinski definition) is 6. The molecule has 4 aromatic carbocycles. The summed E-state index contributed by atoms with van der Waals surface area (Å²) in [5.41, 5.74) is 1.44. The molecule has 0 fully saturated rings. The predicted molar refractivity (Wildman–Crippen MR) is 171 cm³/mol. The van der Waals surface area contributed by atoms with Gasteiger partial charge in [0.2, 0.25) is 0 Å². The zero-order valence-corrected chi connectivity index (χ0v) is 26.6. The van der Waals surface area contributed by atoms with Gasteiger partial charge in [-0.25, -0.2) is 0 Å². The number of benzene rings is 4. The lowest BCUT2D eigenvalue weighted by atomic mass is 10.0. The van der Waals surface area contributed by atoms with E-state index in [2.05, 4.69) is 10.6 Å². The first kappa shape index (κ1) is 37.9. The first-order chi connectivity index (χ1) is 22.1. The van der Waals surface area contributed by atoms with Crippen molar-refractivity contribution in [2.75, 3.05) is 45.6 Å². The van der Waals surface area contributed by atoms with E-state index in [0.29, 0.717) is 43.0 Å². The van der Waals surface area contributed by atoms with Gasteiger partial charge in [0.05, 0.1) is 6.26 Å². The molecule has 47 heavy (non-hydrogen) atoms. The summed E-state index contributed by atoms with van der Waals surface area (Å²) in [6, 6.07) is 21.8. The molecule has 0 spiro atoms. The monoisotopic (exact) mass is 688 g/mol. The van der Waals surface area contributed by atoms with Crippen LogP contribution in [0, 0.1) is 0 Å². The summed E-state index contributed by atoms with van der Waals surface area (Å²) in [4.78, 5) is 0. The molecule has 0 amide bonds. The highest BCUT2D eigenvalue weighted by Gasteiger charge is 2.30. The number of hydrogen-bond donors (Lipinski definition) is 3. The van der Waals surface area contributed by atoms with Gasteiger partial charge in [-0.3, -0.25) is 4.55 Å². The molecule has 0 bridgehead atoms. The Balaban J connectivity index is 0.00000111. The van der Waals surface area contributed by atoms with Gasteiger partial charge in [-0.05, 0) is 73.8 Å². The minimum absolute atomic E-state index is 0.273. The smallest absolute Gasteiger partial charge is 0.422 e. The standard InChI is InChI=1S/C32H34F6N2O2.CH4O3S/c33-31(34,35)21-41-29-25(13-11-23-7-1-3-9-27(23)29)15-19-39-17-5-6-18-40-20-16-26-14-12-24-8-2-4-10-28(24)30(26)42-22-32(36,37)38;1-5(2,3)4/h1-4,7-14,39-40H,5-6,15-22H2;1H3,(H,2,3,4). The van der Waals surface area contributed by atoms with Gasteiger partial charge in [0.1, 0.15) is 11.5 Å². The van der Waals surface area contributed by atoms with Crippen molar-refractivity contribution < 1.29 is 48.8 Å². The Hall–Kier alpha value is -3.59. The van der Waals surface area contributed by atoms with Crippen LogP contribution in [-0.4, -0.2) is 71.0 Å². The van der Waals surface area contributed by atoms with Crippen LogP contribution in [0.3, 0.4) is 0 Å². The van der Waals surface area contributed by atoms with Crippen molar-refractivity contribution in [2.24, 2.45) is 0 Å². The molecule has 0 unspecified atom stereocenters.